The molecule has 0 aromatic carbocycles. The molecule has 1 fully saturated rings. The molecule has 0 saturated carbocycles. The second-order valence-electron chi connectivity index (χ2n) is 8.42. The Balaban J connectivity index is 1.33. The van der Waals surface area contributed by atoms with Gasteiger partial charge in [0.1, 0.15) is 0 Å². The Kier molecular flexibility index (Phi) is 5.04. The number of pyridine rings is 2. The van der Waals surface area contributed by atoms with Crippen LogP contribution < -0.4 is 0 Å². The number of fused-ring (bicyclic) bond motifs is 1. The average molecular weight is 402 g/mol. The summed E-state index contributed by atoms with van der Waals surface area (Å²) in [7, 11) is 0. The van der Waals surface area contributed by atoms with Gasteiger partial charge in [0, 0.05) is 61.0 Å². The Morgan fingerprint density at radius 1 is 1.07 bits per heavy atom. The van der Waals surface area contributed by atoms with Gasteiger partial charge in [0.25, 0.3) is 0 Å². The molecule has 0 aliphatic carbocycles. The second kappa shape index (κ2) is 7.99. The molecular weight excluding hydrogens is 374 g/mol. The van der Waals surface area contributed by atoms with Crippen LogP contribution in [0.15, 0.2) is 55.2 Å². The van der Waals surface area contributed by atoms with Crippen molar-refractivity contribution in [1.82, 2.24) is 34.3 Å². The third-order valence-electron chi connectivity index (χ3n) is 5.82. The molecule has 5 rings (SSSR count). The Labute approximate surface area is 176 Å². The zero-order chi connectivity index (χ0) is 20.5. The van der Waals surface area contributed by atoms with Crippen molar-refractivity contribution >= 4 is 5.65 Å². The lowest BCUT2D eigenvalue weighted by atomic mass is 9.97. The predicted molar refractivity (Wildman–Crippen MR) is 116 cm³/mol. The number of likely N-dealkylation sites (tertiary alicyclic amines) is 1. The van der Waals surface area contributed by atoms with Gasteiger partial charge in [-0.15, -0.1) is 0 Å². The smallest absolute Gasteiger partial charge is 0.156 e. The summed E-state index contributed by atoms with van der Waals surface area (Å²) in [6.45, 7) is 7.35. The number of hydrogen-bond donors (Lipinski definition) is 0. The lowest BCUT2D eigenvalue weighted by molar-refractivity contribution is 0.196. The van der Waals surface area contributed by atoms with Crippen molar-refractivity contribution in [1.29, 1.82) is 0 Å². The zero-order valence-electron chi connectivity index (χ0n) is 17.5. The highest BCUT2D eigenvalue weighted by Crippen LogP contribution is 2.27. The van der Waals surface area contributed by atoms with Crippen LogP contribution in [0, 0.1) is 0 Å². The number of piperidine rings is 1. The van der Waals surface area contributed by atoms with E-state index in [-0.39, 0.29) is 0 Å². The van der Waals surface area contributed by atoms with Gasteiger partial charge in [-0.25, -0.2) is 9.50 Å². The maximum absolute atomic E-state index is 4.84. The van der Waals surface area contributed by atoms with Gasteiger partial charge in [0.15, 0.2) is 11.5 Å². The molecule has 0 spiro atoms. The molecule has 1 aliphatic rings. The molecule has 1 aliphatic heterocycles. The number of aromatic nitrogens is 6. The SMILES string of the molecule is CC(C)n1cc(CN2CCC[C@@H](c3nc4ccc(-c5ccncc5)cn4n3)C2)cn1. The normalized spacial score (nSPS) is 17.8. The molecule has 0 N–H and O–H groups in total. The summed E-state index contributed by atoms with van der Waals surface area (Å²) >= 11 is 0. The van der Waals surface area contributed by atoms with Gasteiger partial charge in [-0.2, -0.15) is 10.2 Å². The first-order chi connectivity index (χ1) is 14.7. The quantitative estimate of drug-likeness (QED) is 0.507. The van der Waals surface area contributed by atoms with Crippen molar-refractivity contribution in [2.45, 2.75) is 45.2 Å². The molecule has 4 aromatic rings. The second-order valence-corrected chi connectivity index (χ2v) is 8.42. The molecule has 7 heteroatoms. The highest BCUT2D eigenvalue weighted by atomic mass is 15.3. The average Bonchev–Trinajstić information content (AvgIpc) is 3.41. The Hall–Kier alpha value is -3.06. The van der Waals surface area contributed by atoms with Crippen LogP contribution in [0.25, 0.3) is 16.8 Å². The first-order valence-electron chi connectivity index (χ1n) is 10.7. The fourth-order valence-electron chi connectivity index (χ4n) is 4.20. The topological polar surface area (TPSA) is 64.1 Å². The molecule has 30 heavy (non-hydrogen) atoms. The Morgan fingerprint density at radius 3 is 2.73 bits per heavy atom. The molecule has 1 atom stereocenters. The summed E-state index contributed by atoms with van der Waals surface area (Å²) in [4.78, 5) is 11.4. The minimum absolute atomic E-state index is 0.364. The zero-order valence-corrected chi connectivity index (χ0v) is 17.5. The van der Waals surface area contributed by atoms with Gasteiger partial charge in [0.05, 0.1) is 6.20 Å². The first kappa shape index (κ1) is 18.9. The van der Waals surface area contributed by atoms with Crippen LogP contribution in [0.1, 0.15) is 50.0 Å². The van der Waals surface area contributed by atoms with Crippen LogP contribution in [0.2, 0.25) is 0 Å². The Bertz CT molecular complexity index is 1130. The molecule has 0 radical (unpaired) electrons. The van der Waals surface area contributed by atoms with Gasteiger partial charge in [-0.3, -0.25) is 14.6 Å². The van der Waals surface area contributed by atoms with Crippen molar-refractivity contribution < 1.29 is 0 Å². The monoisotopic (exact) mass is 401 g/mol. The van der Waals surface area contributed by atoms with E-state index in [0.29, 0.717) is 12.0 Å². The van der Waals surface area contributed by atoms with Crippen LogP contribution in [-0.4, -0.2) is 47.4 Å². The predicted octanol–water partition coefficient (Wildman–Crippen LogP) is 3.95. The molecule has 1 saturated heterocycles. The van der Waals surface area contributed by atoms with E-state index >= 15 is 0 Å². The standard InChI is InChI=1S/C23H27N7/c1-17(2)29-14-18(12-25-29)13-28-11-3-4-21(15-28)23-26-22-6-5-20(16-30(22)27-23)19-7-9-24-10-8-19/h5-10,12,14,16-17,21H,3-4,11,13,15H2,1-2H3/t21-/m1/s1. The fraction of sp³-hybridized carbons (Fsp3) is 0.391. The van der Waals surface area contributed by atoms with Crippen LogP contribution in [0.4, 0.5) is 0 Å². The minimum Gasteiger partial charge on any atom is -0.298 e. The van der Waals surface area contributed by atoms with Crippen molar-refractivity contribution in [2.24, 2.45) is 0 Å². The van der Waals surface area contributed by atoms with E-state index in [9.17, 15) is 0 Å². The molecule has 5 heterocycles. The fourth-order valence-corrected chi connectivity index (χ4v) is 4.20. The van der Waals surface area contributed by atoms with Crippen LogP contribution in [0.5, 0.6) is 0 Å². The third-order valence-corrected chi connectivity index (χ3v) is 5.82. The van der Waals surface area contributed by atoms with E-state index in [0.717, 1.165) is 48.7 Å². The summed E-state index contributed by atoms with van der Waals surface area (Å²) in [6, 6.07) is 8.57. The van der Waals surface area contributed by atoms with Crippen LogP contribution >= 0.6 is 0 Å². The number of hydrogen-bond acceptors (Lipinski definition) is 5. The number of nitrogens with zero attached hydrogens (tertiary/aromatic N) is 7. The lowest BCUT2D eigenvalue weighted by Gasteiger charge is -2.30. The van der Waals surface area contributed by atoms with Crippen molar-refractivity contribution in [3.8, 4) is 11.1 Å². The molecule has 0 unspecified atom stereocenters. The van der Waals surface area contributed by atoms with Crippen molar-refractivity contribution in [3.05, 3.63) is 66.6 Å². The molecule has 4 aromatic heterocycles. The van der Waals surface area contributed by atoms with E-state index in [1.165, 1.54) is 12.0 Å². The van der Waals surface area contributed by atoms with E-state index in [2.05, 4.69) is 47.3 Å². The van der Waals surface area contributed by atoms with E-state index in [4.69, 9.17) is 10.1 Å². The highest BCUT2D eigenvalue weighted by Gasteiger charge is 2.25. The lowest BCUT2D eigenvalue weighted by Crippen LogP contribution is -2.34. The summed E-state index contributed by atoms with van der Waals surface area (Å²) in [5, 5.41) is 9.32. The van der Waals surface area contributed by atoms with Crippen LogP contribution in [-0.2, 0) is 6.54 Å². The minimum atomic E-state index is 0.364. The summed E-state index contributed by atoms with van der Waals surface area (Å²) in [6.07, 6.45) is 12.1. The van der Waals surface area contributed by atoms with Gasteiger partial charge >= 0.3 is 0 Å². The van der Waals surface area contributed by atoms with Gasteiger partial charge in [-0.1, -0.05) is 0 Å². The van der Waals surface area contributed by atoms with Crippen LogP contribution in [0.3, 0.4) is 0 Å². The molecule has 154 valence electrons. The van der Waals surface area contributed by atoms with Crippen molar-refractivity contribution in [3.63, 3.8) is 0 Å². The molecule has 0 amide bonds. The summed E-state index contributed by atoms with van der Waals surface area (Å²) in [5.41, 5.74) is 4.43. The molecule has 7 nitrogen and oxygen atoms in total. The maximum Gasteiger partial charge on any atom is 0.156 e. The molecular formula is C23H27N7. The number of rotatable bonds is 5. The first-order valence-corrected chi connectivity index (χ1v) is 10.7. The highest BCUT2D eigenvalue weighted by molar-refractivity contribution is 5.63. The molecule has 0 bridgehead atoms. The van der Waals surface area contributed by atoms with Gasteiger partial charge in [-0.05, 0) is 63.1 Å². The van der Waals surface area contributed by atoms with E-state index < -0.39 is 0 Å². The summed E-state index contributed by atoms with van der Waals surface area (Å²) in [5.74, 6) is 1.31. The third kappa shape index (κ3) is 3.85. The summed E-state index contributed by atoms with van der Waals surface area (Å²) < 4.78 is 3.94. The van der Waals surface area contributed by atoms with E-state index in [1.807, 2.05) is 46.0 Å². The van der Waals surface area contributed by atoms with Crippen molar-refractivity contribution in [2.75, 3.05) is 13.1 Å². The van der Waals surface area contributed by atoms with E-state index in [1.54, 1.807) is 0 Å². The van der Waals surface area contributed by atoms with Gasteiger partial charge < -0.3 is 0 Å². The Morgan fingerprint density at radius 2 is 1.93 bits per heavy atom. The van der Waals surface area contributed by atoms with Gasteiger partial charge in [0.2, 0.25) is 0 Å². The maximum atomic E-state index is 4.84. The largest absolute Gasteiger partial charge is 0.298 e.